The molecule has 0 aliphatic heterocycles. The highest BCUT2D eigenvalue weighted by atomic mass is 14.9. The highest BCUT2D eigenvalue weighted by Gasteiger charge is 2.10. The lowest BCUT2D eigenvalue weighted by Gasteiger charge is -2.12. The van der Waals surface area contributed by atoms with Gasteiger partial charge in [0.05, 0.1) is 6.20 Å². The van der Waals surface area contributed by atoms with Gasteiger partial charge in [-0.15, -0.1) is 0 Å². The van der Waals surface area contributed by atoms with Crippen molar-refractivity contribution in [3.63, 3.8) is 0 Å². The van der Waals surface area contributed by atoms with Crippen molar-refractivity contribution in [2.75, 3.05) is 7.05 Å². The van der Waals surface area contributed by atoms with Crippen LogP contribution in [0.2, 0.25) is 0 Å². The van der Waals surface area contributed by atoms with Crippen molar-refractivity contribution in [1.82, 2.24) is 25.3 Å². The van der Waals surface area contributed by atoms with Crippen molar-refractivity contribution in [3.05, 3.63) is 36.0 Å². The van der Waals surface area contributed by atoms with Crippen LogP contribution in [-0.2, 0) is 0 Å². The van der Waals surface area contributed by atoms with Gasteiger partial charge < -0.3 is 5.32 Å². The summed E-state index contributed by atoms with van der Waals surface area (Å²) in [4.78, 5) is 17.0. The third kappa shape index (κ3) is 2.45. The maximum Gasteiger partial charge on any atom is 0.179 e. The standard InChI is InChI=1S/C12H15N5/c1-8(13-3)10-6-16-12(17-9(10)2)11-7-14-4-5-15-11/h4-8,13H,1-3H3. The van der Waals surface area contributed by atoms with Crippen molar-refractivity contribution in [2.45, 2.75) is 19.9 Å². The number of nitrogens with zero attached hydrogens (tertiary/aromatic N) is 4. The average Bonchev–Trinajstić information content (AvgIpc) is 2.39. The van der Waals surface area contributed by atoms with Gasteiger partial charge in [0.1, 0.15) is 5.69 Å². The van der Waals surface area contributed by atoms with Crippen LogP contribution in [0.25, 0.3) is 11.5 Å². The molecule has 1 N–H and O–H groups in total. The second-order valence-corrected chi connectivity index (χ2v) is 3.84. The van der Waals surface area contributed by atoms with E-state index in [2.05, 4.69) is 32.2 Å². The molecule has 0 amide bonds. The van der Waals surface area contributed by atoms with Crippen LogP contribution in [-0.4, -0.2) is 27.0 Å². The summed E-state index contributed by atoms with van der Waals surface area (Å²) in [6, 6.07) is 0.242. The average molecular weight is 229 g/mol. The fourth-order valence-corrected chi connectivity index (χ4v) is 1.59. The summed E-state index contributed by atoms with van der Waals surface area (Å²) in [6.45, 7) is 4.05. The van der Waals surface area contributed by atoms with Gasteiger partial charge in [-0.2, -0.15) is 0 Å². The third-order valence-corrected chi connectivity index (χ3v) is 2.71. The van der Waals surface area contributed by atoms with Gasteiger partial charge in [-0.05, 0) is 20.9 Å². The number of rotatable bonds is 3. The molecule has 2 aromatic heterocycles. The molecule has 88 valence electrons. The maximum absolute atomic E-state index is 4.46. The minimum atomic E-state index is 0.242. The second kappa shape index (κ2) is 4.97. The van der Waals surface area contributed by atoms with Crippen molar-refractivity contribution in [1.29, 1.82) is 0 Å². The molecule has 2 heterocycles. The van der Waals surface area contributed by atoms with Crippen molar-refractivity contribution in [2.24, 2.45) is 0 Å². The Kier molecular flexibility index (Phi) is 3.39. The highest BCUT2D eigenvalue weighted by molar-refractivity contribution is 5.47. The largest absolute Gasteiger partial charge is 0.313 e. The van der Waals surface area contributed by atoms with Crippen LogP contribution < -0.4 is 5.32 Å². The van der Waals surface area contributed by atoms with Gasteiger partial charge in [0.2, 0.25) is 0 Å². The lowest BCUT2D eigenvalue weighted by Crippen LogP contribution is -2.15. The van der Waals surface area contributed by atoms with E-state index in [9.17, 15) is 0 Å². The Morgan fingerprint density at radius 1 is 1.18 bits per heavy atom. The zero-order valence-electron chi connectivity index (χ0n) is 10.2. The Hall–Kier alpha value is -1.88. The molecule has 0 bridgehead atoms. The Labute approximate surface area is 100 Å². The van der Waals surface area contributed by atoms with Gasteiger partial charge in [0, 0.05) is 35.9 Å². The molecule has 0 aromatic carbocycles. The van der Waals surface area contributed by atoms with E-state index in [-0.39, 0.29) is 6.04 Å². The monoisotopic (exact) mass is 229 g/mol. The molecule has 0 aliphatic rings. The quantitative estimate of drug-likeness (QED) is 0.864. The summed E-state index contributed by atoms with van der Waals surface area (Å²) in [6.07, 6.45) is 6.77. The summed E-state index contributed by atoms with van der Waals surface area (Å²) in [5.74, 6) is 0.614. The summed E-state index contributed by atoms with van der Waals surface area (Å²) >= 11 is 0. The molecule has 0 aliphatic carbocycles. The normalized spacial score (nSPS) is 12.4. The summed E-state index contributed by atoms with van der Waals surface area (Å²) in [7, 11) is 1.92. The number of nitrogens with one attached hydrogen (secondary N) is 1. The lowest BCUT2D eigenvalue weighted by atomic mass is 10.1. The van der Waals surface area contributed by atoms with E-state index in [1.54, 1.807) is 18.6 Å². The molecule has 0 spiro atoms. The van der Waals surface area contributed by atoms with Crippen LogP contribution in [0, 0.1) is 6.92 Å². The molecule has 2 aromatic rings. The molecule has 1 unspecified atom stereocenters. The van der Waals surface area contributed by atoms with E-state index in [4.69, 9.17) is 0 Å². The van der Waals surface area contributed by atoms with E-state index in [0.29, 0.717) is 11.5 Å². The zero-order chi connectivity index (χ0) is 12.3. The van der Waals surface area contributed by atoms with Crippen molar-refractivity contribution in [3.8, 4) is 11.5 Å². The summed E-state index contributed by atoms with van der Waals surface area (Å²) < 4.78 is 0. The van der Waals surface area contributed by atoms with E-state index >= 15 is 0 Å². The van der Waals surface area contributed by atoms with E-state index in [1.807, 2.05) is 20.2 Å². The van der Waals surface area contributed by atoms with E-state index in [0.717, 1.165) is 11.3 Å². The second-order valence-electron chi connectivity index (χ2n) is 3.84. The van der Waals surface area contributed by atoms with Gasteiger partial charge in [-0.1, -0.05) is 0 Å². The van der Waals surface area contributed by atoms with Gasteiger partial charge in [0.15, 0.2) is 5.82 Å². The lowest BCUT2D eigenvalue weighted by molar-refractivity contribution is 0.641. The smallest absolute Gasteiger partial charge is 0.179 e. The minimum absolute atomic E-state index is 0.242. The van der Waals surface area contributed by atoms with Crippen LogP contribution in [0.5, 0.6) is 0 Å². The fraction of sp³-hybridized carbons (Fsp3) is 0.333. The Morgan fingerprint density at radius 3 is 2.59 bits per heavy atom. The Morgan fingerprint density at radius 2 is 2.00 bits per heavy atom. The molecule has 0 saturated heterocycles. The van der Waals surface area contributed by atoms with Crippen LogP contribution in [0.1, 0.15) is 24.2 Å². The van der Waals surface area contributed by atoms with Crippen molar-refractivity contribution < 1.29 is 0 Å². The predicted octanol–water partition coefficient (Wildman–Crippen LogP) is 1.52. The van der Waals surface area contributed by atoms with E-state index in [1.165, 1.54) is 0 Å². The molecular formula is C12H15N5. The van der Waals surface area contributed by atoms with Crippen LogP contribution in [0.15, 0.2) is 24.8 Å². The van der Waals surface area contributed by atoms with Crippen molar-refractivity contribution >= 4 is 0 Å². The Bertz CT molecular complexity index is 498. The predicted molar refractivity (Wildman–Crippen MR) is 65.3 cm³/mol. The van der Waals surface area contributed by atoms with Gasteiger partial charge in [0.25, 0.3) is 0 Å². The fourth-order valence-electron chi connectivity index (χ4n) is 1.59. The number of aromatic nitrogens is 4. The molecule has 5 heteroatoms. The molecule has 0 saturated carbocycles. The number of aryl methyl sites for hydroxylation is 1. The first-order chi connectivity index (χ1) is 8.22. The third-order valence-electron chi connectivity index (χ3n) is 2.71. The van der Waals surface area contributed by atoms with Gasteiger partial charge >= 0.3 is 0 Å². The molecule has 0 radical (unpaired) electrons. The summed E-state index contributed by atoms with van der Waals surface area (Å²) in [5.41, 5.74) is 2.75. The van der Waals surface area contributed by atoms with Crippen LogP contribution in [0.3, 0.4) is 0 Å². The number of hydrogen-bond acceptors (Lipinski definition) is 5. The molecule has 17 heavy (non-hydrogen) atoms. The molecule has 5 nitrogen and oxygen atoms in total. The molecule has 0 fully saturated rings. The number of hydrogen-bond donors (Lipinski definition) is 1. The van der Waals surface area contributed by atoms with Crippen LogP contribution in [0.4, 0.5) is 0 Å². The SMILES string of the molecule is CNC(C)c1cnc(-c2cnccn2)nc1C. The maximum atomic E-state index is 4.46. The van der Waals surface area contributed by atoms with Gasteiger partial charge in [-0.3, -0.25) is 4.98 Å². The topological polar surface area (TPSA) is 63.6 Å². The van der Waals surface area contributed by atoms with E-state index < -0.39 is 0 Å². The molecule has 2 rings (SSSR count). The first-order valence-electron chi connectivity index (χ1n) is 5.49. The van der Waals surface area contributed by atoms with Crippen LogP contribution >= 0.6 is 0 Å². The highest BCUT2D eigenvalue weighted by Crippen LogP contribution is 2.17. The first-order valence-corrected chi connectivity index (χ1v) is 5.49. The first kappa shape index (κ1) is 11.6. The Balaban J connectivity index is 2.38. The minimum Gasteiger partial charge on any atom is -0.313 e. The van der Waals surface area contributed by atoms with Gasteiger partial charge in [-0.25, -0.2) is 15.0 Å². The molecular weight excluding hydrogens is 214 g/mol. The molecule has 1 atom stereocenters. The zero-order valence-corrected chi connectivity index (χ0v) is 10.2. The summed E-state index contributed by atoms with van der Waals surface area (Å²) in [5, 5.41) is 3.17.